The third-order valence-corrected chi connectivity index (χ3v) is 3.93. The molecule has 0 rings (SSSR count). The first-order valence-corrected chi connectivity index (χ1v) is 9.37. The van der Waals surface area contributed by atoms with Gasteiger partial charge in [-0.3, -0.25) is 0 Å². The summed E-state index contributed by atoms with van der Waals surface area (Å²) in [6.07, 6.45) is 16.7. The Morgan fingerprint density at radius 2 is 1.27 bits per heavy atom. The molecule has 0 aliphatic rings. The molecule has 0 saturated heterocycles. The fraction of sp³-hybridized carbons (Fsp3) is 1.00. The molecule has 2 N–H and O–H groups in total. The van der Waals surface area contributed by atoms with E-state index in [0.29, 0.717) is 19.3 Å². The largest absolute Gasteiger partial charge is 0.376 e. The minimum absolute atomic E-state index is 0.0916. The van der Waals surface area contributed by atoms with Crippen LogP contribution in [0.3, 0.4) is 0 Å². The summed E-state index contributed by atoms with van der Waals surface area (Å²) in [5, 5.41) is 0. The molecule has 0 aromatic rings. The number of nitrogens with two attached hydrogens (primary N) is 1. The van der Waals surface area contributed by atoms with Crippen LogP contribution in [0.25, 0.3) is 0 Å². The van der Waals surface area contributed by atoms with Crippen molar-refractivity contribution >= 4 is 0 Å². The molecule has 1 unspecified atom stereocenters. The van der Waals surface area contributed by atoms with E-state index in [9.17, 15) is 0 Å². The van der Waals surface area contributed by atoms with Crippen molar-refractivity contribution in [1.82, 2.24) is 0 Å². The molecule has 0 fully saturated rings. The monoisotopic (exact) mass is 317 g/mol. The quantitative estimate of drug-likeness (QED) is 0.168. The number of rotatable bonds is 18. The average Bonchev–Trinajstić information content (AvgIpc) is 2.52. The third-order valence-electron chi connectivity index (χ3n) is 3.93. The van der Waals surface area contributed by atoms with E-state index in [2.05, 4.69) is 18.7 Å². The van der Waals surface area contributed by atoms with Crippen LogP contribution < -0.4 is 5.73 Å². The molecular weight excluding hydrogens is 278 g/mol. The fourth-order valence-electron chi connectivity index (χ4n) is 2.57. The van der Waals surface area contributed by atoms with Gasteiger partial charge < -0.3 is 10.5 Å². The highest BCUT2D eigenvalue weighted by atomic mass is 17.2. The molecule has 134 valence electrons. The van der Waals surface area contributed by atoms with E-state index in [1.54, 1.807) is 0 Å². The first kappa shape index (κ1) is 21.8. The third kappa shape index (κ3) is 17.9. The Morgan fingerprint density at radius 3 is 1.82 bits per heavy atom. The van der Waals surface area contributed by atoms with Gasteiger partial charge in [0.15, 0.2) is 0 Å². The standard InChI is InChI=1S/C18H39NO3/c1-3-4-5-6-7-8-9-10-11-12-13-14-18(2)20-15-16-21-22-17-19/h18H,3-17,19H2,1-2H3. The number of hydrogen-bond donors (Lipinski definition) is 1. The molecule has 0 heterocycles. The minimum atomic E-state index is 0.0916. The van der Waals surface area contributed by atoms with Crippen LogP contribution in [0.2, 0.25) is 0 Å². The first-order valence-electron chi connectivity index (χ1n) is 9.37. The van der Waals surface area contributed by atoms with E-state index in [0.717, 1.165) is 6.42 Å². The first-order chi connectivity index (χ1) is 10.8. The van der Waals surface area contributed by atoms with Crippen molar-refractivity contribution in [3.05, 3.63) is 0 Å². The average molecular weight is 318 g/mol. The summed E-state index contributed by atoms with van der Waals surface area (Å²) in [6, 6.07) is 0. The lowest BCUT2D eigenvalue weighted by Gasteiger charge is -2.12. The van der Waals surface area contributed by atoms with Crippen LogP contribution in [0.4, 0.5) is 0 Å². The van der Waals surface area contributed by atoms with Crippen molar-refractivity contribution in [3.63, 3.8) is 0 Å². The van der Waals surface area contributed by atoms with Gasteiger partial charge in [-0.15, -0.1) is 0 Å². The Morgan fingerprint density at radius 1 is 0.727 bits per heavy atom. The second kappa shape index (κ2) is 18.9. The van der Waals surface area contributed by atoms with Crippen molar-refractivity contribution in [3.8, 4) is 0 Å². The second-order valence-electron chi connectivity index (χ2n) is 6.11. The second-order valence-corrected chi connectivity index (χ2v) is 6.11. The normalized spacial score (nSPS) is 12.7. The maximum atomic E-state index is 5.63. The zero-order valence-corrected chi connectivity index (χ0v) is 15.0. The van der Waals surface area contributed by atoms with Crippen LogP contribution >= 0.6 is 0 Å². The molecular formula is C18H39NO3. The van der Waals surface area contributed by atoms with E-state index >= 15 is 0 Å². The van der Waals surface area contributed by atoms with E-state index < -0.39 is 0 Å². The van der Waals surface area contributed by atoms with Gasteiger partial charge in [-0.05, 0) is 13.3 Å². The number of unbranched alkanes of at least 4 members (excludes halogenated alkanes) is 10. The van der Waals surface area contributed by atoms with Gasteiger partial charge in [-0.2, -0.15) is 0 Å². The van der Waals surface area contributed by atoms with Gasteiger partial charge >= 0.3 is 0 Å². The molecule has 0 saturated carbocycles. The van der Waals surface area contributed by atoms with Crippen molar-refractivity contribution in [2.75, 3.05) is 19.9 Å². The lowest BCUT2D eigenvalue weighted by atomic mass is 10.0. The molecule has 0 aliphatic carbocycles. The molecule has 0 radical (unpaired) electrons. The van der Waals surface area contributed by atoms with Gasteiger partial charge in [-0.25, -0.2) is 9.78 Å². The summed E-state index contributed by atoms with van der Waals surface area (Å²) in [7, 11) is 0. The van der Waals surface area contributed by atoms with Crippen LogP contribution in [-0.4, -0.2) is 26.0 Å². The van der Waals surface area contributed by atoms with Crippen molar-refractivity contribution < 1.29 is 14.5 Å². The van der Waals surface area contributed by atoms with Crippen LogP contribution in [0.5, 0.6) is 0 Å². The number of ether oxygens (including phenoxy) is 1. The maximum absolute atomic E-state index is 5.63. The van der Waals surface area contributed by atoms with Gasteiger partial charge in [0.05, 0.1) is 12.7 Å². The Hall–Kier alpha value is -0.160. The molecule has 0 aliphatic heterocycles. The summed E-state index contributed by atoms with van der Waals surface area (Å²) in [5.74, 6) is 0. The van der Waals surface area contributed by atoms with Crippen LogP contribution in [0.1, 0.15) is 90.9 Å². The predicted octanol–water partition coefficient (Wildman–Crippen LogP) is 4.96. The Labute approximate surface area is 138 Å². The Balaban J connectivity index is 3.09. The highest BCUT2D eigenvalue weighted by Gasteiger charge is 2.02. The summed E-state index contributed by atoms with van der Waals surface area (Å²) in [4.78, 5) is 9.38. The van der Waals surface area contributed by atoms with Crippen molar-refractivity contribution in [2.24, 2.45) is 5.73 Å². The van der Waals surface area contributed by atoms with E-state index in [1.807, 2.05) is 0 Å². The molecule has 22 heavy (non-hydrogen) atoms. The molecule has 0 amide bonds. The lowest BCUT2D eigenvalue weighted by Crippen LogP contribution is -2.14. The molecule has 0 spiro atoms. The highest BCUT2D eigenvalue weighted by molar-refractivity contribution is 4.53. The minimum Gasteiger partial charge on any atom is -0.376 e. The molecule has 1 atom stereocenters. The fourth-order valence-corrected chi connectivity index (χ4v) is 2.57. The summed E-state index contributed by atoms with van der Waals surface area (Å²) in [5.41, 5.74) is 5.13. The highest BCUT2D eigenvalue weighted by Crippen LogP contribution is 2.13. The molecule has 0 aromatic heterocycles. The Bertz CT molecular complexity index is 203. The van der Waals surface area contributed by atoms with Gasteiger partial charge in [0, 0.05) is 0 Å². The molecule has 4 nitrogen and oxygen atoms in total. The van der Waals surface area contributed by atoms with Crippen LogP contribution in [0, 0.1) is 0 Å². The maximum Gasteiger partial charge on any atom is 0.130 e. The summed E-state index contributed by atoms with van der Waals surface area (Å²) in [6.45, 7) is 5.50. The van der Waals surface area contributed by atoms with Gasteiger partial charge in [-0.1, -0.05) is 77.6 Å². The van der Waals surface area contributed by atoms with Crippen LogP contribution in [0.15, 0.2) is 0 Å². The zero-order chi connectivity index (χ0) is 16.3. The van der Waals surface area contributed by atoms with E-state index in [-0.39, 0.29) is 6.73 Å². The number of hydrogen-bond acceptors (Lipinski definition) is 4. The summed E-state index contributed by atoms with van der Waals surface area (Å²) >= 11 is 0. The predicted molar refractivity (Wildman–Crippen MR) is 92.6 cm³/mol. The van der Waals surface area contributed by atoms with Gasteiger partial charge in [0.25, 0.3) is 0 Å². The van der Waals surface area contributed by atoms with E-state index in [1.165, 1.54) is 70.6 Å². The lowest BCUT2D eigenvalue weighted by molar-refractivity contribution is -0.298. The van der Waals surface area contributed by atoms with Crippen molar-refractivity contribution in [1.29, 1.82) is 0 Å². The van der Waals surface area contributed by atoms with Crippen LogP contribution in [-0.2, 0) is 14.5 Å². The SMILES string of the molecule is CCCCCCCCCCCCCC(C)OCCOOCN. The van der Waals surface area contributed by atoms with Gasteiger partial charge in [0.1, 0.15) is 13.3 Å². The summed E-state index contributed by atoms with van der Waals surface area (Å²) < 4.78 is 5.63. The molecule has 0 aromatic carbocycles. The van der Waals surface area contributed by atoms with E-state index in [4.69, 9.17) is 15.4 Å². The Kier molecular flexibility index (Phi) is 18.8. The van der Waals surface area contributed by atoms with Gasteiger partial charge in [0.2, 0.25) is 0 Å². The zero-order valence-electron chi connectivity index (χ0n) is 15.0. The molecule has 4 heteroatoms. The molecule has 0 bridgehead atoms. The van der Waals surface area contributed by atoms with Crippen molar-refractivity contribution in [2.45, 2.75) is 97.0 Å². The topological polar surface area (TPSA) is 53.7 Å². The smallest absolute Gasteiger partial charge is 0.130 e.